The van der Waals surface area contributed by atoms with E-state index in [9.17, 15) is 14.4 Å². The molecule has 0 N–H and O–H groups in total. The molecule has 0 saturated carbocycles. The fourth-order valence-corrected chi connectivity index (χ4v) is 5.54. The van der Waals surface area contributed by atoms with Crippen LogP contribution in [-0.2, 0) is 21.4 Å². The second kappa shape index (κ2) is 16.9. The van der Waals surface area contributed by atoms with Gasteiger partial charge in [0.1, 0.15) is 11.6 Å². The van der Waals surface area contributed by atoms with Gasteiger partial charge in [-0.2, -0.15) is 0 Å². The number of Topliss-reactive ketones (excluding diaryl/α,β-unsaturated/α-hetero) is 3. The Balaban J connectivity index is 0.00000185. The maximum absolute atomic E-state index is 13.1. The van der Waals surface area contributed by atoms with Crippen molar-refractivity contribution in [3.63, 3.8) is 0 Å². The Morgan fingerprint density at radius 2 is 1.53 bits per heavy atom. The Hall–Kier alpha value is -1.77. The van der Waals surface area contributed by atoms with Crippen LogP contribution in [0.1, 0.15) is 148 Å². The molecule has 1 aromatic carbocycles. The van der Waals surface area contributed by atoms with Crippen LogP contribution in [0.5, 0.6) is 0 Å². The van der Waals surface area contributed by atoms with Crippen LogP contribution < -0.4 is 0 Å². The average Bonchev–Trinajstić information content (AvgIpc) is 2.74. The molecule has 3 nitrogen and oxygen atoms in total. The maximum atomic E-state index is 13.1. The first-order valence-corrected chi connectivity index (χ1v) is 14.5. The highest BCUT2D eigenvalue weighted by molar-refractivity contribution is 6.00. The molecule has 0 aliphatic heterocycles. The summed E-state index contributed by atoms with van der Waals surface area (Å²) in [6, 6.07) is 4.35. The van der Waals surface area contributed by atoms with Gasteiger partial charge in [0.2, 0.25) is 0 Å². The quantitative estimate of drug-likeness (QED) is 0.317. The third kappa shape index (κ3) is 10.7. The van der Waals surface area contributed by atoms with Crippen LogP contribution >= 0.6 is 0 Å². The van der Waals surface area contributed by atoms with Crippen molar-refractivity contribution >= 4 is 17.3 Å². The number of hydrogen-bond acceptors (Lipinski definition) is 3. The lowest BCUT2D eigenvalue weighted by atomic mass is 9.71. The van der Waals surface area contributed by atoms with Crippen molar-refractivity contribution in [3.05, 3.63) is 34.4 Å². The van der Waals surface area contributed by atoms with Crippen LogP contribution in [0.15, 0.2) is 12.1 Å². The summed E-state index contributed by atoms with van der Waals surface area (Å²) in [5, 5.41) is 0. The molecule has 2 rings (SSSR count). The van der Waals surface area contributed by atoms with E-state index in [0.717, 1.165) is 43.2 Å². The van der Waals surface area contributed by atoms with Crippen molar-refractivity contribution in [3.8, 4) is 0 Å². The van der Waals surface area contributed by atoms with Crippen molar-refractivity contribution in [1.29, 1.82) is 0 Å². The summed E-state index contributed by atoms with van der Waals surface area (Å²) in [5.74, 6) is 0.734. The van der Waals surface area contributed by atoms with Gasteiger partial charge < -0.3 is 0 Å². The average molecular weight is 501 g/mol. The number of carbonyl (C=O) groups is 3. The summed E-state index contributed by atoms with van der Waals surface area (Å²) in [6.45, 7) is 22.8. The molecule has 0 radical (unpaired) electrons. The second-order valence-corrected chi connectivity index (χ2v) is 11.8. The predicted octanol–water partition coefficient (Wildman–Crippen LogP) is 9.25. The SMILES string of the molecule is CCC.CCC.CCCC(CC1CC(=O)c2c(ccc(C(C)(C)C)c2C)C1)C(CC)C(=O)CC(C)=O. The molecule has 3 unspecified atom stereocenters. The molecule has 1 aliphatic rings. The van der Waals surface area contributed by atoms with Gasteiger partial charge in [0.05, 0.1) is 6.42 Å². The molecule has 1 aliphatic carbocycles. The van der Waals surface area contributed by atoms with Crippen LogP contribution in [0, 0.1) is 24.7 Å². The lowest BCUT2D eigenvalue weighted by Crippen LogP contribution is -2.30. The number of ketones is 3. The second-order valence-electron chi connectivity index (χ2n) is 11.8. The molecule has 3 heteroatoms. The fraction of sp³-hybridized carbons (Fsp3) is 0.727. The highest BCUT2D eigenvalue weighted by Gasteiger charge is 2.34. The van der Waals surface area contributed by atoms with E-state index in [1.165, 1.54) is 30.9 Å². The highest BCUT2D eigenvalue weighted by atomic mass is 16.1. The van der Waals surface area contributed by atoms with E-state index in [2.05, 4.69) is 74.4 Å². The molecule has 0 saturated heterocycles. The molecule has 36 heavy (non-hydrogen) atoms. The molecule has 1 aromatic rings. The maximum Gasteiger partial charge on any atom is 0.163 e. The van der Waals surface area contributed by atoms with Crippen LogP contribution in [0.4, 0.5) is 0 Å². The monoisotopic (exact) mass is 500 g/mol. The Morgan fingerprint density at radius 3 is 1.97 bits per heavy atom. The molecule has 0 heterocycles. The lowest BCUT2D eigenvalue weighted by Gasteiger charge is -2.33. The number of fused-ring (bicyclic) bond motifs is 1. The molecule has 0 amide bonds. The third-order valence-corrected chi connectivity index (χ3v) is 6.76. The predicted molar refractivity (Wildman–Crippen MR) is 155 cm³/mol. The van der Waals surface area contributed by atoms with Gasteiger partial charge in [-0.3, -0.25) is 14.4 Å². The Kier molecular flexibility index (Phi) is 16.0. The summed E-state index contributed by atoms with van der Waals surface area (Å²) in [4.78, 5) is 37.3. The minimum Gasteiger partial charge on any atom is -0.300 e. The normalized spacial score (nSPS) is 16.5. The van der Waals surface area contributed by atoms with Crippen molar-refractivity contribution < 1.29 is 14.4 Å². The van der Waals surface area contributed by atoms with E-state index in [4.69, 9.17) is 0 Å². The van der Waals surface area contributed by atoms with Gasteiger partial charge >= 0.3 is 0 Å². The summed E-state index contributed by atoms with van der Waals surface area (Å²) in [7, 11) is 0. The summed E-state index contributed by atoms with van der Waals surface area (Å²) in [5.41, 5.74) is 4.51. The number of hydrogen-bond donors (Lipinski definition) is 0. The summed E-state index contributed by atoms with van der Waals surface area (Å²) >= 11 is 0. The van der Waals surface area contributed by atoms with Gasteiger partial charge in [0.15, 0.2) is 5.78 Å². The van der Waals surface area contributed by atoms with E-state index >= 15 is 0 Å². The topological polar surface area (TPSA) is 51.2 Å². The van der Waals surface area contributed by atoms with E-state index in [-0.39, 0.29) is 46.9 Å². The van der Waals surface area contributed by atoms with Gasteiger partial charge in [-0.05, 0) is 67.1 Å². The van der Waals surface area contributed by atoms with E-state index in [0.29, 0.717) is 6.42 Å². The first kappa shape index (κ1) is 34.2. The van der Waals surface area contributed by atoms with Gasteiger partial charge in [-0.25, -0.2) is 0 Å². The van der Waals surface area contributed by atoms with E-state index in [1.807, 2.05) is 6.92 Å². The van der Waals surface area contributed by atoms with Gasteiger partial charge in [0, 0.05) is 17.9 Å². The molecule has 206 valence electrons. The minimum atomic E-state index is -0.0737. The van der Waals surface area contributed by atoms with Gasteiger partial charge in [0.25, 0.3) is 0 Å². The standard InChI is InChI=1S/C27H40O3.2C3H8/c1-8-10-20(22(9-2)24(29)13-17(3)28)14-19-15-21-11-12-23(27(5,6)7)18(4)26(21)25(30)16-19;2*1-3-2/h11-12,19-20,22H,8-10,13-16H2,1-7H3;2*3H2,1-2H3. The molecular formula is C33H56O3. The highest BCUT2D eigenvalue weighted by Crippen LogP contribution is 2.38. The molecule has 0 bridgehead atoms. The number of carbonyl (C=O) groups excluding carboxylic acids is 3. The van der Waals surface area contributed by atoms with Crippen molar-refractivity contribution in [2.24, 2.45) is 17.8 Å². The third-order valence-electron chi connectivity index (χ3n) is 6.76. The van der Waals surface area contributed by atoms with Crippen LogP contribution in [0.2, 0.25) is 0 Å². The molecule has 0 spiro atoms. The Labute approximate surface area is 223 Å². The van der Waals surface area contributed by atoms with Crippen LogP contribution in [0.3, 0.4) is 0 Å². The smallest absolute Gasteiger partial charge is 0.163 e. The fourth-order valence-electron chi connectivity index (χ4n) is 5.54. The van der Waals surface area contributed by atoms with E-state index < -0.39 is 0 Å². The van der Waals surface area contributed by atoms with Gasteiger partial charge in [-0.1, -0.05) is 100 Å². The molecule has 0 fully saturated rings. The van der Waals surface area contributed by atoms with E-state index in [1.54, 1.807) is 0 Å². The summed E-state index contributed by atoms with van der Waals surface area (Å²) in [6.07, 6.45) is 7.66. The first-order chi connectivity index (χ1) is 16.8. The number of rotatable bonds is 9. The molecule has 3 atom stereocenters. The van der Waals surface area contributed by atoms with Crippen molar-refractivity contribution in [2.45, 2.75) is 139 Å². The summed E-state index contributed by atoms with van der Waals surface area (Å²) < 4.78 is 0. The van der Waals surface area contributed by atoms with Crippen LogP contribution in [-0.4, -0.2) is 17.3 Å². The zero-order valence-electron chi connectivity index (χ0n) is 25.5. The molecular weight excluding hydrogens is 444 g/mol. The lowest BCUT2D eigenvalue weighted by molar-refractivity contribution is -0.129. The largest absolute Gasteiger partial charge is 0.300 e. The molecule has 0 aromatic heterocycles. The van der Waals surface area contributed by atoms with Crippen molar-refractivity contribution in [2.75, 3.05) is 0 Å². The zero-order chi connectivity index (χ0) is 28.1. The Morgan fingerprint density at radius 1 is 0.972 bits per heavy atom. The minimum absolute atomic E-state index is 0.0217. The van der Waals surface area contributed by atoms with Crippen LogP contribution in [0.25, 0.3) is 0 Å². The Bertz CT molecular complexity index is 826. The number of benzene rings is 1. The zero-order valence-corrected chi connectivity index (χ0v) is 25.5. The van der Waals surface area contributed by atoms with Gasteiger partial charge in [-0.15, -0.1) is 0 Å². The van der Waals surface area contributed by atoms with Crippen molar-refractivity contribution in [1.82, 2.24) is 0 Å². The first-order valence-electron chi connectivity index (χ1n) is 14.5.